The van der Waals surface area contributed by atoms with Crippen molar-refractivity contribution in [3.8, 4) is 0 Å². The molecule has 1 atom stereocenters. The molecular formula is C16H29N3S. The molecule has 1 fully saturated rings. The summed E-state index contributed by atoms with van der Waals surface area (Å²) in [5.74, 6) is 0. The van der Waals surface area contributed by atoms with Crippen LogP contribution in [0.4, 0.5) is 0 Å². The summed E-state index contributed by atoms with van der Waals surface area (Å²) >= 11 is 1.82. The molecule has 3 nitrogen and oxygen atoms in total. The third kappa shape index (κ3) is 3.80. The van der Waals surface area contributed by atoms with Gasteiger partial charge in [-0.2, -0.15) is 0 Å². The number of hydrogen-bond donors (Lipinski definition) is 2. The molecule has 0 radical (unpaired) electrons. The van der Waals surface area contributed by atoms with Gasteiger partial charge in [0, 0.05) is 28.0 Å². The van der Waals surface area contributed by atoms with Gasteiger partial charge < -0.3 is 10.6 Å². The molecular weight excluding hydrogens is 266 g/mol. The lowest BCUT2D eigenvalue weighted by atomic mass is 9.79. The standard InChI is InChI=1S/C16H29N3S/c1-10-14(20-12(3)17-10)11(2)18-13-8-15(4,5)19-16(6,7)9-13/h11,13,18-19H,8-9H2,1-7H3. The van der Waals surface area contributed by atoms with Crippen LogP contribution in [0.15, 0.2) is 0 Å². The molecule has 1 aromatic rings. The van der Waals surface area contributed by atoms with E-state index in [0.717, 1.165) is 17.8 Å². The van der Waals surface area contributed by atoms with Crippen molar-refractivity contribution in [3.63, 3.8) is 0 Å². The molecule has 0 saturated carbocycles. The van der Waals surface area contributed by atoms with Crippen LogP contribution < -0.4 is 10.6 Å². The van der Waals surface area contributed by atoms with Crippen molar-refractivity contribution in [1.29, 1.82) is 0 Å². The fourth-order valence-electron chi connectivity index (χ4n) is 3.82. The summed E-state index contributed by atoms with van der Waals surface area (Å²) < 4.78 is 0. The molecule has 0 aromatic carbocycles. The topological polar surface area (TPSA) is 37.0 Å². The van der Waals surface area contributed by atoms with Gasteiger partial charge in [-0.05, 0) is 61.3 Å². The van der Waals surface area contributed by atoms with Crippen LogP contribution in [-0.2, 0) is 0 Å². The third-order valence-electron chi connectivity index (χ3n) is 4.01. The van der Waals surface area contributed by atoms with E-state index in [4.69, 9.17) is 0 Å². The van der Waals surface area contributed by atoms with Crippen LogP contribution in [0.1, 0.15) is 69.1 Å². The monoisotopic (exact) mass is 295 g/mol. The van der Waals surface area contributed by atoms with Crippen molar-refractivity contribution < 1.29 is 0 Å². The minimum Gasteiger partial charge on any atom is -0.307 e. The second-order valence-electron chi connectivity index (χ2n) is 7.57. The summed E-state index contributed by atoms with van der Waals surface area (Å²) in [4.78, 5) is 5.93. The van der Waals surface area contributed by atoms with Crippen LogP contribution >= 0.6 is 11.3 Å². The van der Waals surface area contributed by atoms with Crippen molar-refractivity contribution in [2.24, 2.45) is 0 Å². The summed E-state index contributed by atoms with van der Waals surface area (Å²) in [6.07, 6.45) is 2.33. The molecule has 1 saturated heterocycles. The van der Waals surface area contributed by atoms with Gasteiger partial charge in [-0.25, -0.2) is 4.98 Å². The van der Waals surface area contributed by atoms with Gasteiger partial charge >= 0.3 is 0 Å². The quantitative estimate of drug-likeness (QED) is 0.892. The number of aryl methyl sites for hydroxylation is 2. The largest absolute Gasteiger partial charge is 0.307 e. The molecule has 1 aliphatic rings. The van der Waals surface area contributed by atoms with E-state index < -0.39 is 0 Å². The molecule has 0 amide bonds. The molecule has 1 aliphatic heterocycles. The summed E-state index contributed by atoms with van der Waals surface area (Å²) in [5, 5.41) is 8.74. The van der Waals surface area contributed by atoms with E-state index in [2.05, 4.69) is 64.1 Å². The Kier molecular flexibility index (Phi) is 4.30. The zero-order chi connectivity index (χ0) is 15.1. The Labute approximate surface area is 127 Å². The van der Waals surface area contributed by atoms with Crippen LogP contribution in [0.3, 0.4) is 0 Å². The first-order valence-corrected chi connectivity index (χ1v) is 8.39. The lowest BCUT2D eigenvalue weighted by Crippen LogP contribution is -2.61. The molecule has 114 valence electrons. The fraction of sp³-hybridized carbons (Fsp3) is 0.812. The summed E-state index contributed by atoms with van der Waals surface area (Å²) in [5.41, 5.74) is 1.57. The maximum absolute atomic E-state index is 4.55. The highest BCUT2D eigenvalue weighted by Crippen LogP contribution is 2.31. The number of rotatable bonds is 3. The van der Waals surface area contributed by atoms with Crippen molar-refractivity contribution >= 4 is 11.3 Å². The molecule has 0 bridgehead atoms. The average molecular weight is 295 g/mol. The van der Waals surface area contributed by atoms with Crippen LogP contribution in [0, 0.1) is 13.8 Å². The number of nitrogens with one attached hydrogen (secondary N) is 2. The van der Waals surface area contributed by atoms with Gasteiger partial charge in [0.05, 0.1) is 10.7 Å². The minimum absolute atomic E-state index is 0.192. The molecule has 4 heteroatoms. The zero-order valence-corrected chi connectivity index (χ0v) is 14.7. The van der Waals surface area contributed by atoms with Gasteiger partial charge in [-0.1, -0.05) is 0 Å². The third-order valence-corrected chi connectivity index (χ3v) is 5.26. The molecule has 2 N–H and O–H groups in total. The van der Waals surface area contributed by atoms with E-state index in [1.54, 1.807) is 0 Å². The van der Waals surface area contributed by atoms with Crippen molar-refractivity contribution in [1.82, 2.24) is 15.6 Å². The lowest BCUT2D eigenvalue weighted by molar-refractivity contribution is 0.141. The van der Waals surface area contributed by atoms with Crippen LogP contribution in [0.2, 0.25) is 0 Å². The van der Waals surface area contributed by atoms with E-state index in [0.29, 0.717) is 12.1 Å². The van der Waals surface area contributed by atoms with E-state index in [-0.39, 0.29) is 11.1 Å². The number of thiazole rings is 1. The normalized spacial score (nSPS) is 23.8. The highest BCUT2D eigenvalue weighted by atomic mass is 32.1. The Morgan fingerprint density at radius 2 is 1.75 bits per heavy atom. The smallest absolute Gasteiger partial charge is 0.0900 e. The highest BCUT2D eigenvalue weighted by molar-refractivity contribution is 7.11. The number of aromatic nitrogens is 1. The molecule has 2 heterocycles. The van der Waals surface area contributed by atoms with Crippen molar-refractivity contribution in [2.45, 2.75) is 84.5 Å². The lowest BCUT2D eigenvalue weighted by Gasteiger charge is -2.47. The van der Waals surface area contributed by atoms with Crippen LogP contribution in [0.5, 0.6) is 0 Å². The van der Waals surface area contributed by atoms with Crippen molar-refractivity contribution in [2.75, 3.05) is 0 Å². The summed E-state index contributed by atoms with van der Waals surface area (Å²) in [7, 11) is 0. The summed E-state index contributed by atoms with van der Waals surface area (Å²) in [6.45, 7) is 15.7. The zero-order valence-electron chi connectivity index (χ0n) is 13.9. The van der Waals surface area contributed by atoms with Gasteiger partial charge in [-0.3, -0.25) is 0 Å². The van der Waals surface area contributed by atoms with E-state index in [1.165, 1.54) is 10.6 Å². The van der Waals surface area contributed by atoms with E-state index in [9.17, 15) is 0 Å². The molecule has 0 aliphatic carbocycles. The van der Waals surface area contributed by atoms with Gasteiger partial charge in [0.2, 0.25) is 0 Å². The molecule has 0 spiro atoms. The summed E-state index contributed by atoms with van der Waals surface area (Å²) in [6, 6.07) is 0.939. The van der Waals surface area contributed by atoms with E-state index in [1.807, 2.05) is 11.3 Å². The van der Waals surface area contributed by atoms with Gasteiger partial charge in [0.1, 0.15) is 0 Å². The number of nitrogens with zero attached hydrogens (tertiary/aromatic N) is 1. The Bertz CT molecular complexity index is 460. The second-order valence-corrected chi connectivity index (χ2v) is 8.80. The van der Waals surface area contributed by atoms with Crippen LogP contribution in [-0.4, -0.2) is 22.1 Å². The van der Waals surface area contributed by atoms with Crippen LogP contribution in [0.25, 0.3) is 0 Å². The molecule has 1 unspecified atom stereocenters. The van der Waals surface area contributed by atoms with Gasteiger partial charge in [0.15, 0.2) is 0 Å². The van der Waals surface area contributed by atoms with Crippen molar-refractivity contribution in [3.05, 3.63) is 15.6 Å². The number of hydrogen-bond acceptors (Lipinski definition) is 4. The molecule has 1 aromatic heterocycles. The SMILES string of the molecule is Cc1nc(C)c(C(C)NC2CC(C)(C)NC(C)(C)C2)s1. The Balaban J connectivity index is 2.07. The second kappa shape index (κ2) is 5.39. The van der Waals surface area contributed by atoms with E-state index >= 15 is 0 Å². The molecule has 2 rings (SSSR count). The minimum atomic E-state index is 0.192. The predicted octanol–water partition coefficient (Wildman–Crippen LogP) is 3.72. The fourth-order valence-corrected chi connectivity index (χ4v) is 4.76. The predicted molar refractivity (Wildman–Crippen MR) is 87.5 cm³/mol. The Hall–Kier alpha value is -0.450. The number of piperidine rings is 1. The Morgan fingerprint density at radius 1 is 1.20 bits per heavy atom. The first-order chi connectivity index (χ1) is 9.08. The van der Waals surface area contributed by atoms with Gasteiger partial charge in [0.25, 0.3) is 0 Å². The first kappa shape index (κ1) is 15.9. The average Bonchev–Trinajstić information content (AvgIpc) is 2.52. The molecule has 20 heavy (non-hydrogen) atoms. The highest BCUT2D eigenvalue weighted by Gasteiger charge is 2.38. The Morgan fingerprint density at radius 3 is 2.20 bits per heavy atom. The maximum Gasteiger partial charge on any atom is 0.0900 e. The van der Waals surface area contributed by atoms with Gasteiger partial charge in [-0.15, -0.1) is 11.3 Å². The maximum atomic E-state index is 4.55. The first-order valence-electron chi connectivity index (χ1n) is 7.57.